The Bertz CT molecular complexity index is 160. The second-order valence-corrected chi connectivity index (χ2v) is 2.60. The van der Waals surface area contributed by atoms with E-state index in [1.165, 1.54) is 6.92 Å². The van der Waals surface area contributed by atoms with Gasteiger partial charge in [-0.1, -0.05) is 0 Å². The van der Waals surface area contributed by atoms with E-state index in [9.17, 15) is 9.59 Å². The molecular weight excluding hydrogens is 160 g/mol. The molecule has 0 aliphatic carbocycles. The summed E-state index contributed by atoms with van der Waals surface area (Å²) in [5, 5.41) is 11.2. The first-order chi connectivity index (χ1) is 5.54. The van der Waals surface area contributed by atoms with Crippen molar-refractivity contribution in [2.75, 3.05) is 6.54 Å². The molecule has 5 heteroatoms. The van der Waals surface area contributed by atoms with Crippen molar-refractivity contribution in [1.29, 1.82) is 0 Å². The molecular formula is C7H14N2O3. The standard InChI is InChI=1S/C5H9NO2.C2H5NO/c7-5(8)4-2-1-3-6-4;1-2(3)4/h4,6H,1-3H2,(H,7,8);1H3,(H2,3,4). The number of amides is 1. The van der Waals surface area contributed by atoms with E-state index in [2.05, 4.69) is 11.1 Å². The lowest BCUT2D eigenvalue weighted by atomic mass is 10.2. The minimum absolute atomic E-state index is 0.269. The zero-order valence-electron chi connectivity index (χ0n) is 7.04. The van der Waals surface area contributed by atoms with E-state index in [1.54, 1.807) is 0 Å². The van der Waals surface area contributed by atoms with Gasteiger partial charge >= 0.3 is 5.97 Å². The van der Waals surface area contributed by atoms with Gasteiger partial charge in [0.25, 0.3) is 0 Å². The van der Waals surface area contributed by atoms with Gasteiger partial charge in [0.05, 0.1) is 0 Å². The fourth-order valence-corrected chi connectivity index (χ4v) is 0.895. The smallest absolute Gasteiger partial charge is 0.320 e. The number of carboxylic acids is 1. The average molecular weight is 174 g/mol. The van der Waals surface area contributed by atoms with Crippen molar-refractivity contribution >= 4 is 11.9 Å². The quantitative estimate of drug-likeness (QED) is 0.490. The molecule has 1 aliphatic rings. The maximum absolute atomic E-state index is 10.1. The molecule has 1 fully saturated rings. The van der Waals surface area contributed by atoms with Gasteiger partial charge in [-0.25, -0.2) is 0 Å². The zero-order valence-corrected chi connectivity index (χ0v) is 7.04. The lowest BCUT2D eigenvalue weighted by molar-refractivity contribution is -0.139. The molecule has 12 heavy (non-hydrogen) atoms. The number of primary amides is 1. The van der Waals surface area contributed by atoms with Crippen LogP contribution in [0, 0.1) is 0 Å². The van der Waals surface area contributed by atoms with Gasteiger partial charge in [-0.15, -0.1) is 0 Å². The molecule has 0 aromatic heterocycles. The van der Waals surface area contributed by atoms with Crippen molar-refractivity contribution in [2.24, 2.45) is 5.73 Å². The van der Waals surface area contributed by atoms with Crippen LogP contribution in [-0.4, -0.2) is 29.6 Å². The van der Waals surface area contributed by atoms with Crippen LogP contribution in [0.1, 0.15) is 19.8 Å². The molecule has 1 aliphatic heterocycles. The van der Waals surface area contributed by atoms with E-state index in [4.69, 9.17) is 5.11 Å². The second kappa shape index (κ2) is 5.54. The van der Waals surface area contributed by atoms with E-state index in [0.29, 0.717) is 0 Å². The summed E-state index contributed by atoms with van der Waals surface area (Å²) in [7, 11) is 0. The number of carboxylic acid groups (broad SMARTS) is 1. The summed E-state index contributed by atoms with van der Waals surface area (Å²) < 4.78 is 0. The summed E-state index contributed by atoms with van der Waals surface area (Å²) in [5.74, 6) is -1.05. The SMILES string of the molecule is CC(N)=O.O=C(O)C1CCCN1. The van der Waals surface area contributed by atoms with Crippen LogP contribution < -0.4 is 11.1 Å². The summed E-state index contributed by atoms with van der Waals surface area (Å²) in [6.45, 7) is 2.16. The van der Waals surface area contributed by atoms with E-state index in [1.807, 2.05) is 0 Å². The monoisotopic (exact) mass is 174 g/mol. The summed E-state index contributed by atoms with van der Waals surface area (Å²) in [4.78, 5) is 19.4. The molecule has 0 bridgehead atoms. The molecule has 1 atom stereocenters. The summed E-state index contributed by atoms with van der Waals surface area (Å²) in [6.07, 6.45) is 1.78. The largest absolute Gasteiger partial charge is 0.480 e. The molecule has 1 saturated heterocycles. The van der Waals surface area contributed by atoms with Gasteiger partial charge in [0.1, 0.15) is 6.04 Å². The van der Waals surface area contributed by atoms with E-state index < -0.39 is 5.97 Å². The fourth-order valence-electron chi connectivity index (χ4n) is 0.895. The van der Waals surface area contributed by atoms with Crippen molar-refractivity contribution < 1.29 is 14.7 Å². The molecule has 0 aromatic carbocycles. The summed E-state index contributed by atoms with van der Waals surface area (Å²) in [6, 6.07) is -0.269. The molecule has 1 amide bonds. The Balaban J connectivity index is 0.000000261. The Morgan fingerprint density at radius 2 is 2.08 bits per heavy atom. The average Bonchev–Trinajstić information content (AvgIpc) is 2.34. The maximum atomic E-state index is 10.1. The van der Waals surface area contributed by atoms with Crippen LogP contribution in [0.5, 0.6) is 0 Å². The highest BCUT2D eigenvalue weighted by molar-refractivity contribution is 5.73. The number of hydrogen-bond donors (Lipinski definition) is 3. The Morgan fingerprint density at radius 3 is 2.25 bits per heavy atom. The highest BCUT2D eigenvalue weighted by Crippen LogP contribution is 2.03. The first-order valence-corrected chi connectivity index (χ1v) is 3.76. The van der Waals surface area contributed by atoms with Crippen LogP contribution in [0.2, 0.25) is 0 Å². The Kier molecular flexibility index (Phi) is 5.03. The Morgan fingerprint density at radius 1 is 1.58 bits per heavy atom. The molecule has 0 saturated carbocycles. The normalized spacial score (nSPS) is 20.9. The van der Waals surface area contributed by atoms with Gasteiger partial charge in [-0.3, -0.25) is 9.59 Å². The molecule has 1 rings (SSSR count). The molecule has 1 heterocycles. The second-order valence-electron chi connectivity index (χ2n) is 2.60. The van der Waals surface area contributed by atoms with Gasteiger partial charge in [0.2, 0.25) is 5.91 Å². The van der Waals surface area contributed by atoms with Gasteiger partial charge in [0.15, 0.2) is 0 Å². The van der Waals surface area contributed by atoms with Gasteiger partial charge < -0.3 is 16.2 Å². The summed E-state index contributed by atoms with van der Waals surface area (Å²) >= 11 is 0. The first-order valence-electron chi connectivity index (χ1n) is 3.76. The van der Waals surface area contributed by atoms with Crippen molar-refractivity contribution in [1.82, 2.24) is 5.32 Å². The third-order valence-corrected chi connectivity index (χ3v) is 1.36. The predicted molar refractivity (Wildman–Crippen MR) is 43.5 cm³/mol. The number of hydrogen-bond acceptors (Lipinski definition) is 3. The van der Waals surface area contributed by atoms with Crippen LogP contribution in [0.25, 0.3) is 0 Å². The summed E-state index contributed by atoms with van der Waals surface area (Å²) in [5.41, 5.74) is 4.47. The molecule has 70 valence electrons. The predicted octanol–water partition coefficient (Wildman–Crippen LogP) is -0.685. The number of nitrogens with two attached hydrogens (primary N) is 1. The van der Waals surface area contributed by atoms with Crippen LogP contribution >= 0.6 is 0 Å². The minimum Gasteiger partial charge on any atom is -0.480 e. The molecule has 0 radical (unpaired) electrons. The molecule has 1 unspecified atom stereocenters. The first kappa shape index (κ1) is 10.9. The fraction of sp³-hybridized carbons (Fsp3) is 0.714. The number of nitrogens with one attached hydrogen (secondary N) is 1. The van der Waals surface area contributed by atoms with Crippen LogP contribution in [0.3, 0.4) is 0 Å². The number of rotatable bonds is 1. The number of carbonyl (C=O) groups is 2. The maximum Gasteiger partial charge on any atom is 0.320 e. The van der Waals surface area contributed by atoms with Crippen molar-refractivity contribution in [3.8, 4) is 0 Å². The van der Waals surface area contributed by atoms with Gasteiger partial charge in [-0.05, 0) is 19.4 Å². The van der Waals surface area contributed by atoms with Crippen LogP contribution in [0.4, 0.5) is 0 Å². The van der Waals surface area contributed by atoms with Gasteiger partial charge in [0, 0.05) is 6.92 Å². The third kappa shape index (κ3) is 5.67. The third-order valence-electron chi connectivity index (χ3n) is 1.36. The Hall–Kier alpha value is -1.10. The molecule has 0 spiro atoms. The Labute approximate surface area is 70.9 Å². The topological polar surface area (TPSA) is 92.4 Å². The highest BCUT2D eigenvalue weighted by Gasteiger charge is 2.20. The molecule has 4 N–H and O–H groups in total. The molecule has 5 nitrogen and oxygen atoms in total. The zero-order chi connectivity index (χ0) is 9.56. The highest BCUT2D eigenvalue weighted by atomic mass is 16.4. The molecule has 0 aromatic rings. The van der Waals surface area contributed by atoms with Crippen molar-refractivity contribution in [3.63, 3.8) is 0 Å². The van der Waals surface area contributed by atoms with Crippen LogP contribution in [0.15, 0.2) is 0 Å². The van der Waals surface area contributed by atoms with E-state index in [-0.39, 0.29) is 11.9 Å². The van der Waals surface area contributed by atoms with E-state index in [0.717, 1.165) is 19.4 Å². The van der Waals surface area contributed by atoms with Crippen LogP contribution in [-0.2, 0) is 9.59 Å². The number of carbonyl (C=O) groups excluding carboxylic acids is 1. The van der Waals surface area contributed by atoms with E-state index >= 15 is 0 Å². The van der Waals surface area contributed by atoms with Crippen molar-refractivity contribution in [3.05, 3.63) is 0 Å². The van der Waals surface area contributed by atoms with Crippen molar-refractivity contribution in [2.45, 2.75) is 25.8 Å². The minimum atomic E-state index is -0.720. The van der Waals surface area contributed by atoms with Gasteiger partial charge in [-0.2, -0.15) is 0 Å². The lowest BCUT2D eigenvalue weighted by Gasteiger charge is -1.99. The lowest BCUT2D eigenvalue weighted by Crippen LogP contribution is -2.29. The number of aliphatic carboxylic acids is 1.